The van der Waals surface area contributed by atoms with Gasteiger partial charge in [0.1, 0.15) is 11.5 Å². The molecular formula is C15H17N3O. The summed E-state index contributed by atoms with van der Waals surface area (Å²) in [5.74, 6) is 1.67. The molecule has 2 aromatic carbocycles. The van der Waals surface area contributed by atoms with E-state index in [1.54, 1.807) is 0 Å². The third-order valence-corrected chi connectivity index (χ3v) is 3.31. The smallest absolute Gasteiger partial charge is 0.130 e. The van der Waals surface area contributed by atoms with Gasteiger partial charge in [-0.15, -0.1) is 0 Å². The number of hydrogen-bond acceptors (Lipinski definition) is 4. The summed E-state index contributed by atoms with van der Waals surface area (Å²) in [5.41, 5.74) is 9.83. The number of fused-ring (bicyclic) bond motifs is 1. The van der Waals surface area contributed by atoms with E-state index in [0.29, 0.717) is 0 Å². The van der Waals surface area contributed by atoms with Gasteiger partial charge in [0.15, 0.2) is 0 Å². The average molecular weight is 255 g/mol. The highest BCUT2D eigenvalue weighted by atomic mass is 16.5. The largest absolute Gasteiger partial charge is 0.457 e. The predicted molar refractivity (Wildman–Crippen MR) is 79.0 cm³/mol. The van der Waals surface area contributed by atoms with E-state index < -0.39 is 0 Å². The maximum Gasteiger partial charge on any atom is 0.130 e. The maximum absolute atomic E-state index is 5.93. The van der Waals surface area contributed by atoms with Crippen molar-refractivity contribution in [2.24, 2.45) is 0 Å². The summed E-state index contributed by atoms with van der Waals surface area (Å²) in [5, 5.41) is 3.31. The second-order valence-corrected chi connectivity index (χ2v) is 4.84. The van der Waals surface area contributed by atoms with Crippen LogP contribution >= 0.6 is 0 Å². The van der Waals surface area contributed by atoms with E-state index in [1.807, 2.05) is 43.3 Å². The fourth-order valence-corrected chi connectivity index (χ4v) is 2.24. The van der Waals surface area contributed by atoms with Crippen LogP contribution in [0.4, 0.5) is 17.1 Å². The Morgan fingerprint density at radius 3 is 2.84 bits per heavy atom. The van der Waals surface area contributed by atoms with E-state index in [9.17, 15) is 0 Å². The number of benzene rings is 2. The summed E-state index contributed by atoms with van der Waals surface area (Å²) in [6, 6.07) is 11.7. The minimum Gasteiger partial charge on any atom is -0.457 e. The lowest BCUT2D eigenvalue weighted by atomic mass is 10.2. The van der Waals surface area contributed by atoms with Crippen LogP contribution in [0.3, 0.4) is 0 Å². The van der Waals surface area contributed by atoms with Gasteiger partial charge >= 0.3 is 0 Å². The second kappa shape index (κ2) is 4.39. The van der Waals surface area contributed by atoms with Gasteiger partial charge < -0.3 is 20.7 Å². The zero-order valence-electron chi connectivity index (χ0n) is 11.1. The van der Waals surface area contributed by atoms with Crippen LogP contribution in [0.2, 0.25) is 0 Å². The SMILES string of the molecule is Cc1cc(N)ccc1Oc1ccc2c(c1)N(C)CN2. The Balaban J connectivity index is 1.90. The summed E-state index contributed by atoms with van der Waals surface area (Å²) in [7, 11) is 2.05. The molecule has 0 bridgehead atoms. The van der Waals surface area contributed by atoms with Crippen LogP contribution in [-0.4, -0.2) is 13.7 Å². The summed E-state index contributed by atoms with van der Waals surface area (Å²) in [6.07, 6.45) is 0. The fraction of sp³-hybridized carbons (Fsp3) is 0.200. The molecule has 0 unspecified atom stereocenters. The molecule has 0 radical (unpaired) electrons. The average Bonchev–Trinajstić information content (AvgIpc) is 2.75. The minimum absolute atomic E-state index is 0.753. The van der Waals surface area contributed by atoms with Crippen LogP contribution in [0.5, 0.6) is 11.5 Å². The Morgan fingerprint density at radius 2 is 2.05 bits per heavy atom. The van der Waals surface area contributed by atoms with Gasteiger partial charge in [-0.25, -0.2) is 0 Å². The van der Waals surface area contributed by atoms with Gasteiger partial charge in [0.05, 0.1) is 18.0 Å². The van der Waals surface area contributed by atoms with Gasteiger partial charge in [0.25, 0.3) is 0 Å². The third kappa shape index (κ3) is 2.17. The van der Waals surface area contributed by atoms with Crippen molar-refractivity contribution in [2.45, 2.75) is 6.92 Å². The Bertz CT molecular complexity index is 625. The van der Waals surface area contributed by atoms with E-state index in [0.717, 1.165) is 40.8 Å². The zero-order valence-corrected chi connectivity index (χ0v) is 11.1. The van der Waals surface area contributed by atoms with Crippen LogP contribution in [0.15, 0.2) is 36.4 Å². The van der Waals surface area contributed by atoms with Crippen LogP contribution in [0, 0.1) is 6.92 Å². The summed E-state index contributed by atoms with van der Waals surface area (Å²) < 4.78 is 5.93. The topological polar surface area (TPSA) is 50.5 Å². The molecule has 2 aromatic rings. The molecule has 0 atom stereocenters. The molecule has 0 saturated carbocycles. The number of nitrogens with one attached hydrogen (secondary N) is 1. The van der Waals surface area contributed by atoms with Crippen LogP contribution in [0.25, 0.3) is 0 Å². The zero-order chi connectivity index (χ0) is 13.4. The number of hydrogen-bond donors (Lipinski definition) is 2. The summed E-state index contributed by atoms with van der Waals surface area (Å²) in [4.78, 5) is 2.15. The molecule has 0 aromatic heterocycles. The molecule has 1 aliphatic rings. The van der Waals surface area contributed by atoms with Crippen molar-refractivity contribution in [3.8, 4) is 11.5 Å². The minimum atomic E-state index is 0.753. The van der Waals surface area contributed by atoms with E-state index in [2.05, 4.69) is 17.3 Å². The van der Waals surface area contributed by atoms with Crippen molar-refractivity contribution in [3.05, 3.63) is 42.0 Å². The number of nitrogen functional groups attached to an aromatic ring is 1. The Kier molecular flexibility index (Phi) is 2.71. The van der Waals surface area contributed by atoms with Crippen molar-refractivity contribution in [1.82, 2.24) is 0 Å². The number of nitrogens with zero attached hydrogens (tertiary/aromatic N) is 1. The molecule has 4 nitrogen and oxygen atoms in total. The molecule has 0 spiro atoms. The first kappa shape index (κ1) is 11.7. The predicted octanol–water partition coefficient (Wildman–Crippen LogP) is 3.19. The first-order valence-corrected chi connectivity index (χ1v) is 6.26. The molecule has 4 heteroatoms. The lowest BCUT2D eigenvalue weighted by Gasteiger charge is -2.13. The number of anilines is 3. The maximum atomic E-state index is 5.93. The molecule has 3 N–H and O–H groups in total. The molecular weight excluding hydrogens is 238 g/mol. The number of aryl methyl sites for hydroxylation is 1. The first-order chi connectivity index (χ1) is 9.13. The van der Waals surface area contributed by atoms with Crippen LogP contribution < -0.4 is 20.7 Å². The number of ether oxygens (including phenoxy) is 1. The Morgan fingerprint density at radius 1 is 1.21 bits per heavy atom. The number of rotatable bonds is 2. The van der Waals surface area contributed by atoms with E-state index >= 15 is 0 Å². The van der Waals surface area contributed by atoms with Gasteiger partial charge in [-0.1, -0.05) is 0 Å². The van der Waals surface area contributed by atoms with Gasteiger partial charge in [-0.3, -0.25) is 0 Å². The van der Waals surface area contributed by atoms with Gasteiger partial charge in [-0.2, -0.15) is 0 Å². The molecule has 1 aliphatic heterocycles. The number of nitrogens with two attached hydrogens (primary N) is 1. The lowest BCUT2D eigenvalue weighted by Crippen LogP contribution is -2.15. The van der Waals surface area contributed by atoms with Crippen LogP contribution in [0.1, 0.15) is 5.56 Å². The quantitative estimate of drug-likeness (QED) is 0.809. The molecule has 98 valence electrons. The molecule has 3 rings (SSSR count). The highest BCUT2D eigenvalue weighted by molar-refractivity contribution is 5.76. The van der Waals surface area contributed by atoms with Crippen LogP contribution in [-0.2, 0) is 0 Å². The van der Waals surface area contributed by atoms with Gasteiger partial charge in [0.2, 0.25) is 0 Å². The standard InChI is InChI=1S/C15H17N3O/c1-10-7-11(16)3-6-15(10)19-12-4-5-13-14(8-12)18(2)9-17-13/h3-8,17H,9,16H2,1-2H3. The van der Waals surface area contributed by atoms with Crippen molar-refractivity contribution in [1.29, 1.82) is 0 Å². The first-order valence-electron chi connectivity index (χ1n) is 6.26. The Labute approximate surface area is 112 Å². The van der Waals surface area contributed by atoms with E-state index in [4.69, 9.17) is 10.5 Å². The van der Waals surface area contributed by atoms with Crippen molar-refractivity contribution >= 4 is 17.1 Å². The monoisotopic (exact) mass is 255 g/mol. The molecule has 1 heterocycles. The molecule has 19 heavy (non-hydrogen) atoms. The molecule has 0 amide bonds. The van der Waals surface area contributed by atoms with E-state index in [-0.39, 0.29) is 0 Å². The summed E-state index contributed by atoms with van der Waals surface area (Å²) in [6.45, 7) is 2.83. The van der Waals surface area contributed by atoms with Crippen molar-refractivity contribution in [2.75, 3.05) is 29.7 Å². The highest BCUT2D eigenvalue weighted by Crippen LogP contribution is 2.35. The fourth-order valence-electron chi connectivity index (χ4n) is 2.24. The van der Waals surface area contributed by atoms with Crippen molar-refractivity contribution < 1.29 is 4.74 Å². The highest BCUT2D eigenvalue weighted by Gasteiger charge is 2.15. The second-order valence-electron chi connectivity index (χ2n) is 4.84. The Hall–Kier alpha value is -2.36. The molecule has 0 fully saturated rings. The van der Waals surface area contributed by atoms with Crippen molar-refractivity contribution in [3.63, 3.8) is 0 Å². The lowest BCUT2D eigenvalue weighted by molar-refractivity contribution is 0.479. The summed E-state index contributed by atoms with van der Waals surface area (Å²) >= 11 is 0. The van der Waals surface area contributed by atoms with Gasteiger partial charge in [0, 0.05) is 18.8 Å². The molecule has 0 saturated heterocycles. The third-order valence-electron chi connectivity index (χ3n) is 3.31. The van der Waals surface area contributed by atoms with E-state index in [1.165, 1.54) is 0 Å². The molecule has 0 aliphatic carbocycles. The normalized spacial score (nSPS) is 13.1. The van der Waals surface area contributed by atoms with Gasteiger partial charge in [-0.05, 0) is 42.8 Å².